The van der Waals surface area contributed by atoms with Crippen LogP contribution in [0, 0.1) is 5.92 Å². The summed E-state index contributed by atoms with van der Waals surface area (Å²) in [7, 11) is -2.71. The molecule has 148 valence electrons. The average molecular weight is 397 g/mol. The second-order valence-electron chi connectivity index (χ2n) is 6.87. The van der Waals surface area contributed by atoms with Gasteiger partial charge in [-0.25, -0.2) is 13.2 Å². The predicted molar refractivity (Wildman–Crippen MR) is 94.8 cm³/mol. The number of hydrogen-bond acceptors (Lipinski definition) is 6. The Morgan fingerprint density at radius 3 is 2.48 bits per heavy atom. The monoisotopic (exact) mass is 397 g/mol. The van der Waals surface area contributed by atoms with Crippen molar-refractivity contribution < 1.29 is 32.6 Å². The quantitative estimate of drug-likeness (QED) is 0.727. The number of fused-ring (bicyclic) bond motifs is 1. The summed E-state index contributed by atoms with van der Waals surface area (Å²) in [5, 5.41) is 9.56. The van der Waals surface area contributed by atoms with E-state index in [1.165, 1.54) is 35.7 Å². The van der Waals surface area contributed by atoms with Gasteiger partial charge in [-0.3, -0.25) is 4.79 Å². The van der Waals surface area contributed by atoms with Crippen molar-refractivity contribution in [2.24, 2.45) is 5.92 Å². The smallest absolute Gasteiger partial charge is 0.343 e. The number of ether oxygens (including phenoxy) is 2. The van der Waals surface area contributed by atoms with Crippen LogP contribution >= 0.6 is 0 Å². The Bertz CT molecular complexity index is 806. The molecule has 3 unspecified atom stereocenters. The third kappa shape index (κ3) is 3.93. The van der Waals surface area contributed by atoms with Crippen LogP contribution in [0.25, 0.3) is 0 Å². The van der Waals surface area contributed by atoms with E-state index < -0.39 is 28.0 Å². The third-order valence-corrected chi connectivity index (χ3v) is 7.25. The van der Waals surface area contributed by atoms with Crippen LogP contribution in [0.2, 0.25) is 0 Å². The van der Waals surface area contributed by atoms with E-state index in [0.717, 1.165) is 19.3 Å². The molecule has 1 aliphatic carbocycles. The lowest BCUT2D eigenvalue weighted by Crippen LogP contribution is -2.46. The Morgan fingerprint density at radius 1 is 1.19 bits per heavy atom. The predicted octanol–water partition coefficient (Wildman–Crippen LogP) is 1.64. The highest BCUT2D eigenvalue weighted by Crippen LogP contribution is 2.42. The minimum absolute atomic E-state index is 0.0189. The fraction of sp³-hybridized carbons (Fsp3) is 0.556. The summed E-state index contributed by atoms with van der Waals surface area (Å²) in [6.45, 7) is -0.278. The molecule has 2 fully saturated rings. The molecule has 1 saturated heterocycles. The Kier molecular flexibility index (Phi) is 5.71. The molecule has 27 heavy (non-hydrogen) atoms. The molecule has 2 aliphatic rings. The maximum atomic E-state index is 13.2. The SMILES string of the molecule is COC(=O)COc1ccc(S(=O)(=O)N2C(C(=O)O)CC3CCCCC32)cc1. The number of hydrogen-bond donors (Lipinski definition) is 1. The molecule has 1 aromatic rings. The van der Waals surface area contributed by atoms with E-state index >= 15 is 0 Å². The van der Waals surface area contributed by atoms with Crippen molar-refractivity contribution in [1.29, 1.82) is 0 Å². The molecule has 3 atom stereocenters. The van der Waals surface area contributed by atoms with E-state index in [1.807, 2.05) is 0 Å². The van der Waals surface area contributed by atoms with Crippen LogP contribution in [0.5, 0.6) is 5.75 Å². The fourth-order valence-electron chi connectivity index (χ4n) is 4.01. The summed E-state index contributed by atoms with van der Waals surface area (Å²) < 4.78 is 37.2. The topological polar surface area (TPSA) is 110 Å². The first-order valence-corrected chi connectivity index (χ1v) is 10.3. The Hall–Kier alpha value is -2.13. The van der Waals surface area contributed by atoms with Crippen LogP contribution in [0.3, 0.4) is 0 Å². The summed E-state index contributed by atoms with van der Waals surface area (Å²) >= 11 is 0. The number of nitrogens with zero attached hydrogens (tertiary/aromatic N) is 1. The van der Waals surface area contributed by atoms with Crippen molar-refractivity contribution in [3.8, 4) is 5.75 Å². The number of rotatable bonds is 6. The molecule has 0 spiro atoms. The highest BCUT2D eigenvalue weighted by atomic mass is 32.2. The van der Waals surface area contributed by atoms with E-state index in [4.69, 9.17) is 4.74 Å². The van der Waals surface area contributed by atoms with Crippen molar-refractivity contribution in [1.82, 2.24) is 4.31 Å². The van der Waals surface area contributed by atoms with E-state index in [-0.39, 0.29) is 23.5 Å². The number of esters is 1. The Balaban J connectivity index is 1.83. The largest absolute Gasteiger partial charge is 0.482 e. The third-order valence-electron chi connectivity index (χ3n) is 5.30. The van der Waals surface area contributed by atoms with E-state index in [2.05, 4.69) is 4.74 Å². The maximum Gasteiger partial charge on any atom is 0.343 e. The molecule has 1 aliphatic heterocycles. The van der Waals surface area contributed by atoms with Crippen LogP contribution in [0.4, 0.5) is 0 Å². The number of carboxylic acid groups (broad SMARTS) is 1. The maximum absolute atomic E-state index is 13.2. The number of methoxy groups -OCH3 is 1. The lowest BCUT2D eigenvalue weighted by atomic mass is 9.85. The summed E-state index contributed by atoms with van der Waals surface area (Å²) in [4.78, 5) is 22.8. The van der Waals surface area contributed by atoms with Crippen LogP contribution in [0.15, 0.2) is 29.2 Å². The first-order valence-electron chi connectivity index (χ1n) is 8.90. The van der Waals surface area contributed by atoms with Crippen molar-refractivity contribution in [3.05, 3.63) is 24.3 Å². The normalized spacial score (nSPS) is 25.6. The fourth-order valence-corrected chi connectivity index (χ4v) is 5.87. The molecule has 1 heterocycles. The Morgan fingerprint density at radius 2 is 1.85 bits per heavy atom. The van der Waals surface area contributed by atoms with Gasteiger partial charge in [0.15, 0.2) is 6.61 Å². The average Bonchev–Trinajstić information content (AvgIpc) is 3.07. The number of benzene rings is 1. The van der Waals surface area contributed by atoms with E-state index in [0.29, 0.717) is 18.6 Å². The standard InChI is InChI=1S/C18H23NO7S/c1-25-17(20)11-26-13-6-8-14(9-7-13)27(23,24)19-15-5-3-2-4-12(15)10-16(19)18(21)22/h6-9,12,15-16H,2-5,10-11H2,1H3,(H,21,22). The highest BCUT2D eigenvalue weighted by Gasteiger charge is 2.51. The second-order valence-corrected chi connectivity index (χ2v) is 8.72. The van der Waals surface area contributed by atoms with Crippen LogP contribution in [-0.2, 0) is 24.3 Å². The van der Waals surface area contributed by atoms with Gasteiger partial charge in [-0.1, -0.05) is 12.8 Å². The molecule has 9 heteroatoms. The Labute approximate surface area is 158 Å². The van der Waals surface area contributed by atoms with Gasteiger partial charge in [0, 0.05) is 6.04 Å². The molecule has 8 nitrogen and oxygen atoms in total. The van der Waals surface area contributed by atoms with Crippen molar-refractivity contribution >= 4 is 22.0 Å². The van der Waals surface area contributed by atoms with Gasteiger partial charge in [0.25, 0.3) is 0 Å². The van der Waals surface area contributed by atoms with Crippen molar-refractivity contribution in [2.45, 2.75) is 49.1 Å². The zero-order chi connectivity index (χ0) is 19.6. The van der Waals surface area contributed by atoms with Crippen molar-refractivity contribution in [2.75, 3.05) is 13.7 Å². The molecule has 1 saturated carbocycles. The minimum atomic E-state index is -3.95. The number of carbonyl (C=O) groups excluding carboxylic acids is 1. The van der Waals surface area contributed by atoms with Gasteiger partial charge >= 0.3 is 11.9 Å². The van der Waals surface area contributed by atoms with Gasteiger partial charge in [0.2, 0.25) is 10.0 Å². The van der Waals surface area contributed by atoms with Gasteiger partial charge in [-0.2, -0.15) is 4.31 Å². The number of aliphatic carboxylic acids is 1. The summed E-state index contributed by atoms with van der Waals surface area (Å²) in [6, 6.07) is 4.34. The summed E-state index contributed by atoms with van der Waals surface area (Å²) in [6.07, 6.45) is 3.82. The zero-order valence-electron chi connectivity index (χ0n) is 15.0. The highest BCUT2D eigenvalue weighted by molar-refractivity contribution is 7.89. The van der Waals surface area contributed by atoms with E-state index in [1.54, 1.807) is 0 Å². The number of sulfonamides is 1. The van der Waals surface area contributed by atoms with E-state index in [9.17, 15) is 23.1 Å². The summed E-state index contributed by atoms with van der Waals surface area (Å²) in [5.41, 5.74) is 0. The van der Waals surface area contributed by atoms with Gasteiger partial charge in [0.1, 0.15) is 11.8 Å². The van der Waals surface area contributed by atoms with Crippen molar-refractivity contribution in [3.63, 3.8) is 0 Å². The van der Waals surface area contributed by atoms with Crippen LogP contribution in [-0.4, -0.2) is 55.6 Å². The lowest BCUT2D eigenvalue weighted by molar-refractivity contribution is -0.143. The molecular formula is C18H23NO7S. The van der Waals surface area contributed by atoms with Gasteiger partial charge < -0.3 is 14.6 Å². The molecule has 1 aromatic carbocycles. The number of carboxylic acids is 1. The lowest BCUT2D eigenvalue weighted by Gasteiger charge is -2.32. The molecule has 3 rings (SSSR count). The molecule has 0 bridgehead atoms. The molecule has 0 amide bonds. The molecule has 0 radical (unpaired) electrons. The van der Waals surface area contributed by atoms with Gasteiger partial charge in [-0.15, -0.1) is 0 Å². The van der Waals surface area contributed by atoms with Crippen LogP contribution in [0.1, 0.15) is 32.1 Å². The molecule has 1 N–H and O–H groups in total. The van der Waals surface area contributed by atoms with Gasteiger partial charge in [0.05, 0.1) is 12.0 Å². The first kappa shape index (κ1) is 19.6. The second kappa shape index (κ2) is 7.85. The van der Waals surface area contributed by atoms with Crippen LogP contribution < -0.4 is 4.74 Å². The molecular weight excluding hydrogens is 374 g/mol. The van der Waals surface area contributed by atoms with Gasteiger partial charge in [-0.05, 0) is 49.4 Å². The zero-order valence-corrected chi connectivity index (χ0v) is 15.9. The number of carbonyl (C=O) groups is 2. The first-order chi connectivity index (χ1) is 12.8. The molecule has 0 aromatic heterocycles. The summed E-state index contributed by atoms with van der Waals surface area (Å²) in [5.74, 6) is -1.23. The minimum Gasteiger partial charge on any atom is -0.482 e.